The highest BCUT2D eigenvalue weighted by Gasteiger charge is 2.31. The Bertz CT molecular complexity index is 581. The van der Waals surface area contributed by atoms with Crippen LogP contribution in [0.5, 0.6) is 0 Å². The number of amides is 1. The SMILES string of the molecule is CN(C(=O)C1CSc2nccc(=O)n2C1)C1CCCCC1. The summed E-state index contributed by atoms with van der Waals surface area (Å²) in [6.45, 7) is 0.463. The summed E-state index contributed by atoms with van der Waals surface area (Å²) in [5.41, 5.74) is -0.0645. The van der Waals surface area contributed by atoms with Crippen LogP contribution in [-0.2, 0) is 11.3 Å². The van der Waals surface area contributed by atoms with E-state index in [9.17, 15) is 9.59 Å². The first-order valence-corrected chi connectivity index (χ1v) is 8.60. The number of aromatic nitrogens is 2. The van der Waals surface area contributed by atoms with Crippen molar-refractivity contribution >= 4 is 17.7 Å². The zero-order valence-corrected chi connectivity index (χ0v) is 13.1. The second-order valence-corrected chi connectivity index (χ2v) is 6.91. The molecule has 0 saturated heterocycles. The molecule has 1 aromatic rings. The van der Waals surface area contributed by atoms with E-state index in [1.54, 1.807) is 4.57 Å². The van der Waals surface area contributed by atoms with Crippen molar-refractivity contribution in [1.29, 1.82) is 0 Å². The maximum absolute atomic E-state index is 12.7. The molecule has 1 unspecified atom stereocenters. The highest BCUT2D eigenvalue weighted by atomic mass is 32.2. The lowest BCUT2D eigenvalue weighted by Gasteiger charge is -2.35. The van der Waals surface area contributed by atoms with Crippen molar-refractivity contribution in [2.45, 2.75) is 49.8 Å². The van der Waals surface area contributed by atoms with Gasteiger partial charge in [0.05, 0.1) is 5.92 Å². The van der Waals surface area contributed by atoms with Gasteiger partial charge in [-0.25, -0.2) is 4.98 Å². The molecular formula is C15H21N3O2S. The van der Waals surface area contributed by atoms with E-state index >= 15 is 0 Å². The topological polar surface area (TPSA) is 55.2 Å². The lowest BCUT2D eigenvalue weighted by atomic mass is 9.93. The summed E-state index contributed by atoms with van der Waals surface area (Å²) in [5.74, 6) is 0.777. The van der Waals surface area contributed by atoms with Crippen LogP contribution in [0.4, 0.5) is 0 Å². The number of rotatable bonds is 2. The summed E-state index contributed by atoms with van der Waals surface area (Å²) in [6, 6.07) is 1.84. The Morgan fingerprint density at radius 2 is 2.14 bits per heavy atom. The number of carbonyl (C=O) groups excluding carboxylic acids is 1. The van der Waals surface area contributed by atoms with Gasteiger partial charge in [0, 0.05) is 37.7 Å². The number of fused-ring (bicyclic) bond motifs is 1. The van der Waals surface area contributed by atoms with Crippen LogP contribution in [0.25, 0.3) is 0 Å². The quantitative estimate of drug-likeness (QED) is 0.781. The fourth-order valence-electron chi connectivity index (χ4n) is 3.24. The molecule has 1 saturated carbocycles. The number of nitrogens with zero attached hydrogens (tertiary/aromatic N) is 3. The van der Waals surface area contributed by atoms with Gasteiger partial charge in [-0.3, -0.25) is 14.2 Å². The van der Waals surface area contributed by atoms with Crippen LogP contribution in [0.1, 0.15) is 32.1 Å². The molecule has 21 heavy (non-hydrogen) atoms. The van der Waals surface area contributed by atoms with Gasteiger partial charge in [-0.15, -0.1) is 0 Å². The van der Waals surface area contributed by atoms with Crippen molar-refractivity contribution in [1.82, 2.24) is 14.5 Å². The molecule has 1 atom stereocenters. The number of hydrogen-bond donors (Lipinski definition) is 0. The van der Waals surface area contributed by atoms with Crippen LogP contribution >= 0.6 is 11.8 Å². The molecule has 1 aliphatic carbocycles. The Morgan fingerprint density at radius 3 is 2.90 bits per heavy atom. The van der Waals surface area contributed by atoms with Crippen molar-refractivity contribution in [3.05, 3.63) is 22.6 Å². The Kier molecular flexibility index (Phi) is 4.33. The fourth-order valence-corrected chi connectivity index (χ4v) is 4.29. The molecule has 1 aromatic heterocycles. The number of carbonyl (C=O) groups is 1. The van der Waals surface area contributed by atoms with Crippen LogP contribution in [0.3, 0.4) is 0 Å². The van der Waals surface area contributed by atoms with Gasteiger partial charge in [-0.05, 0) is 12.8 Å². The van der Waals surface area contributed by atoms with Crippen molar-refractivity contribution in [3.63, 3.8) is 0 Å². The fraction of sp³-hybridized carbons (Fsp3) is 0.667. The molecule has 1 amide bonds. The average Bonchev–Trinajstić information content (AvgIpc) is 2.54. The normalized spacial score (nSPS) is 22.6. The summed E-state index contributed by atoms with van der Waals surface area (Å²) in [7, 11) is 1.92. The first kappa shape index (κ1) is 14.6. The first-order valence-electron chi connectivity index (χ1n) is 7.62. The lowest BCUT2D eigenvalue weighted by molar-refractivity contribution is -0.136. The molecule has 2 heterocycles. The largest absolute Gasteiger partial charge is 0.342 e. The molecule has 0 aromatic carbocycles. The minimum Gasteiger partial charge on any atom is -0.342 e. The zero-order chi connectivity index (χ0) is 14.8. The predicted octanol–water partition coefficient (Wildman–Crippen LogP) is 1.76. The van der Waals surface area contributed by atoms with Gasteiger partial charge in [0.1, 0.15) is 0 Å². The monoisotopic (exact) mass is 307 g/mol. The van der Waals surface area contributed by atoms with E-state index in [1.807, 2.05) is 11.9 Å². The molecule has 114 valence electrons. The molecule has 0 radical (unpaired) electrons. The molecule has 0 bridgehead atoms. The molecule has 3 rings (SSSR count). The Morgan fingerprint density at radius 1 is 1.38 bits per heavy atom. The van der Waals surface area contributed by atoms with Gasteiger partial charge in [-0.1, -0.05) is 31.0 Å². The summed E-state index contributed by atoms with van der Waals surface area (Å²) < 4.78 is 1.63. The van der Waals surface area contributed by atoms with Crippen LogP contribution in [-0.4, -0.2) is 39.2 Å². The van der Waals surface area contributed by atoms with Gasteiger partial charge < -0.3 is 4.90 Å². The van der Waals surface area contributed by atoms with E-state index in [2.05, 4.69) is 4.98 Å². The summed E-state index contributed by atoms with van der Waals surface area (Å²) in [5, 5.41) is 0.729. The third kappa shape index (κ3) is 3.00. The highest BCUT2D eigenvalue weighted by Crippen LogP contribution is 2.28. The van der Waals surface area contributed by atoms with E-state index in [4.69, 9.17) is 0 Å². The smallest absolute Gasteiger partial charge is 0.254 e. The van der Waals surface area contributed by atoms with Gasteiger partial charge in [0.2, 0.25) is 5.91 Å². The lowest BCUT2D eigenvalue weighted by Crippen LogP contribution is -2.45. The molecule has 1 fully saturated rings. The molecular weight excluding hydrogens is 286 g/mol. The maximum Gasteiger partial charge on any atom is 0.254 e. The highest BCUT2D eigenvalue weighted by molar-refractivity contribution is 7.99. The summed E-state index contributed by atoms with van der Waals surface area (Å²) in [4.78, 5) is 30.7. The van der Waals surface area contributed by atoms with Gasteiger partial charge >= 0.3 is 0 Å². The van der Waals surface area contributed by atoms with Crippen LogP contribution < -0.4 is 5.56 Å². The van der Waals surface area contributed by atoms with Crippen LogP contribution in [0.15, 0.2) is 22.2 Å². The van der Waals surface area contributed by atoms with Gasteiger partial charge in [0.15, 0.2) is 5.16 Å². The Hall–Kier alpha value is -1.30. The zero-order valence-electron chi connectivity index (χ0n) is 12.3. The standard InChI is InChI=1S/C15H21N3O2S/c1-17(12-5-3-2-4-6-12)14(20)11-9-18-13(19)7-8-16-15(18)21-10-11/h7-8,11-12H,2-6,9-10H2,1H3. The van der Waals surface area contributed by atoms with Crippen molar-refractivity contribution < 1.29 is 4.79 Å². The molecule has 1 aliphatic heterocycles. The first-order chi connectivity index (χ1) is 10.2. The van der Waals surface area contributed by atoms with Crippen LogP contribution in [0.2, 0.25) is 0 Å². The van der Waals surface area contributed by atoms with E-state index in [0.717, 1.165) is 18.0 Å². The number of hydrogen-bond acceptors (Lipinski definition) is 4. The summed E-state index contributed by atoms with van der Waals surface area (Å²) >= 11 is 1.51. The van der Waals surface area contributed by atoms with Crippen molar-refractivity contribution in [2.75, 3.05) is 12.8 Å². The van der Waals surface area contributed by atoms with Crippen molar-refractivity contribution in [3.8, 4) is 0 Å². The third-order valence-electron chi connectivity index (χ3n) is 4.53. The van der Waals surface area contributed by atoms with Crippen LogP contribution in [0, 0.1) is 5.92 Å². The molecule has 0 N–H and O–H groups in total. The van der Waals surface area contributed by atoms with E-state index in [0.29, 0.717) is 18.3 Å². The second kappa shape index (κ2) is 6.22. The summed E-state index contributed by atoms with van der Waals surface area (Å²) in [6.07, 6.45) is 7.48. The maximum atomic E-state index is 12.7. The van der Waals surface area contributed by atoms with Gasteiger partial charge in [0.25, 0.3) is 5.56 Å². The average molecular weight is 307 g/mol. The third-order valence-corrected chi connectivity index (χ3v) is 5.69. The minimum absolute atomic E-state index is 0.0645. The van der Waals surface area contributed by atoms with Gasteiger partial charge in [-0.2, -0.15) is 0 Å². The van der Waals surface area contributed by atoms with E-state index in [-0.39, 0.29) is 17.4 Å². The molecule has 6 heteroatoms. The van der Waals surface area contributed by atoms with Crippen molar-refractivity contribution in [2.24, 2.45) is 5.92 Å². The Labute approximate surface area is 128 Å². The predicted molar refractivity (Wildman–Crippen MR) is 82.4 cm³/mol. The molecule has 0 spiro atoms. The molecule has 2 aliphatic rings. The second-order valence-electron chi connectivity index (χ2n) is 5.93. The number of thioether (sulfide) groups is 1. The van der Waals surface area contributed by atoms with E-state index in [1.165, 1.54) is 43.3 Å². The Balaban J connectivity index is 1.71. The molecule has 5 nitrogen and oxygen atoms in total. The van der Waals surface area contributed by atoms with E-state index < -0.39 is 0 Å². The minimum atomic E-state index is -0.115.